The van der Waals surface area contributed by atoms with Gasteiger partial charge in [-0.25, -0.2) is 9.78 Å². The number of carbonyl (C=O) groups excluding carboxylic acids is 1. The summed E-state index contributed by atoms with van der Waals surface area (Å²) in [5.41, 5.74) is 2.61. The van der Waals surface area contributed by atoms with Gasteiger partial charge in [-0.15, -0.1) is 0 Å². The number of rotatable bonds is 4. The maximum atomic E-state index is 12.5. The summed E-state index contributed by atoms with van der Waals surface area (Å²) in [6, 6.07) is 8.36. The van der Waals surface area contributed by atoms with Gasteiger partial charge in [0.05, 0.1) is 24.2 Å². The molecule has 9 nitrogen and oxygen atoms in total. The van der Waals surface area contributed by atoms with Crippen LogP contribution in [0.1, 0.15) is 29.8 Å². The Balaban J connectivity index is 1.61. The topological polar surface area (TPSA) is 114 Å². The Hall–Kier alpha value is -3.62. The minimum Gasteiger partial charge on any atom is -0.495 e. The highest BCUT2D eigenvalue weighted by atomic mass is 16.5. The number of carbonyl (C=O) groups is 1. The Bertz CT molecular complexity index is 1120. The number of methoxy groups -OCH3 is 1. The number of hydrogen-bond donors (Lipinski definition) is 3. The molecule has 0 atom stereocenters. The predicted molar refractivity (Wildman–Crippen MR) is 109 cm³/mol. The van der Waals surface area contributed by atoms with Gasteiger partial charge in [0.1, 0.15) is 11.6 Å². The highest BCUT2D eigenvalue weighted by molar-refractivity contribution is 6.00. The minimum atomic E-state index is -0.462. The summed E-state index contributed by atoms with van der Waals surface area (Å²) in [6.07, 6.45) is 3.51. The van der Waals surface area contributed by atoms with Gasteiger partial charge >= 0.3 is 6.03 Å². The van der Waals surface area contributed by atoms with Crippen LogP contribution in [0.15, 0.2) is 35.1 Å². The van der Waals surface area contributed by atoms with Crippen LogP contribution >= 0.6 is 0 Å². The van der Waals surface area contributed by atoms with E-state index in [1.54, 1.807) is 31.2 Å². The third-order valence-corrected chi connectivity index (χ3v) is 4.81. The minimum absolute atomic E-state index is 0.151. The van der Waals surface area contributed by atoms with Gasteiger partial charge in [0.25, 0.3) is 5.56 Å². The number of urea groups is 1. The molecule has 0 bridgehead atoms. The summed E-state index contributed by atoms with van der Waals surface area (Å²) in [7, 11) is 1.54. The summed E-state index contributed by atoms with van der Waals surface area (Å²) >= 11 is 0. The summed E-state index contributed by atoms with van der Waals surface area (Å²) in [6.45, 7) is 1.80. The van der Waals surface area contributed by atoms with Gasteiger partial charge in [-0.2, -0.15) is 9.78 Å². The van der Waals surface area contributed by atoms with Gasteiger partial charge in [0.15, 0.2) is 0 Å². The van der Waals surface area contributed by atoms with Crippen molar-refractivity contribution in [1.82, 2.24) is 19.7 Å². The predicted octanol–water partition coefficient (Wildman–Crippen LogP) is 2.80. The van der Waals surface area contributed by atoms with Gasteiger partial charge in [0.2, 0.25) is 5.95 Å². The highest BCUT2D eigenvalue weighted by Gasteiger charge is 2.19. The number of benzene rings is 1. The zero-order chi connectivity index (χ0) is 20.4. The third kappa shape index (κ3) is 3.84. The van der Waals surface area contributed by atoms with Gasteiger partial charge in [-0.1, -0.05) is 12.1 Å². The standard InChI is InChI=1S/C20H22N6O3/c1-12-11-17(23-20(28)22-15-9-5-6-10-16(15)29-2)26(25-12)19-21-14-8-4-3-7-13(14)18(27)24-19/h5-6,9-11H,3-4,7-8H2,1-2H3,(H,21,24,27)(H2,22,23,28). The monoisotopic (exact) mass is 394 g/mol. The first kappa shape index (κ1) is 18.7. The first-order chi connectivity index (χ1) is 14.0. The fraction of sp³-hybridized carbons (Fsp3) is 0.300. The van der Waals surface area contributed by atoms with E-state index in [1.807, 2.05) is 6.07 Å². The molecule has 2 aromatic heterocycles. The van der Waals surface area contributed by atoms with Gasteiger partial charge < -0.3 is 10.1 Å². The molecule has 0 unspecified atom stereocenters. The number of nitrogens with zero attached hydrogens (tertiary/aromatic N) is 3. The van der Waals surface area contributed by atoms with Crippen LogP contribution in [0.2, 0.25) is 0 Å². The van der Waals surface area contributed by atoms with Crippen molar-refractivity contribution in [3.63, 3.8) is 0 Å². The van der Waals surface area contributed by atoms with Crippen molar-refractivity contribution in [2.24, 2.45) is 0 Å². The van der Waals surface area contributed by atoms with Crippen LogP contribution < -0.4 is 20.9 Å². The highest BCUT2D eigenvalue weighted by Crippen LogP contribution is 2.24. The molecule has 2 heterocycles. The van der Waals surface area contributed by atoms with Crippen LogP contribution in [0.25, 0.3) is 5.95 Å². The normalized spacial score (nSPS) is 12.9. The van der Waals surface area contributed by atoms with Gasteiger partial charge in [-0.05, 0) is 44.7 Å². The number of hydrogen-bond acceptors (Lipinski definition) is 5. The van der Waals surface area contributed by atoms with Crippen LogP contribution in [0, 0.1) is 6.92 Å². The number of anilines is 2. The molecule has 1 aliphatic rings. The zero-order valence-corrected chi connectivity index (χ0v) is 16.3. The molecule has 3 aromatic rings. The number of H-pyrrole nitrogens is 1. The molecule has 0 aliphatic heterocycles. The average molecular weight is 394 g/mol. The van der Waals surface area contributed by atoms with E-state index in [0.717, 1.165) is 36.9 Å². The number of aromatic amines is 1. The lowest BCUT2D eigenvalue weighted by molar-refractivity contribution is 0.262. The lowest BCUT2D eigenvalue weighted by atomic mass is 9.97. The number of fused-ring (bicyclic) bond motifs is 1. The molecule has 9 heteroatoms. The summed E-state index contributed by atoms with van der Waals surface area (Å²) < 4.78 is 6.69. The average Bonchev–Trinajstić information content (AvgIpc) is 3.08. The number of ether oxygens (including phenoxy) is 1. The van der Waals surface area contributed by atoms with Crippen LogP contribution in [-0.2, 0) is 12.8 Å². The number of nitrogens with one attached hydrogen (secondary N) is 3. The van der Waals surface area contributed by atoms with E-state index in [4.69, 9.17) is 4.74 Å². The van der Waals surface area contributed by atoms with Crippen molar-refractivity contribution in [3.05, 3.63) is 57.6 Å². The first-order valence-electron chi connectivity index (χ1n) is 9.45. The quantitative estimate of drug-likeness (QED) is 0.630. The number of para-hydroxylation sites is 2. The molecule has 0 fully saturated rings. The van der Waals surface area contributed by atoms with Crippen molar-refractivity contribution in [1.29, 1.82) is 0 Å². The molecule has 150 valence electrons. The lowest BCUT2D eigenvalue weighted by Gasteiger charge is -2.15. The Morgan fingerprint density at radius 3 is 2.83 bits per heavy atom. The smallest absolute Gasteiger partial charge is 0.324 e. The largest absolute Gasteiger partial charge is 0.495 e. The molecular formula is C20H22N6O3. The van der Waals surface area contributed by atoms with Crippen LogP contribution in [-0.4, -0.2) is 32.9 Å². The van der Waals surface area contributed by atoms with Crippen molar-refractivity contribution in [2.75, 3.05) is 17.7 Å². The van der Waals surface area contributed by atoms with E-state index in [-0.39, 0.29) is 11.5 Å². The maximum Gasteiger partial charge on any atom is 0.324 e. The Kier molecular flexibility index (Phi) is 5.03. The van der Waals surface area contributed by atoms with Gasteiger partial charge in [-0.3, -0.25) is 15.1 Å². The second-order valence-corrected chi connectivity index (χ2v) is 6.88. The molecule has 0 saturated heterocycles. The SMILES string of the molecule is COc1ccccc1NC(=O)Nc1cc(C)nn1-c1nc2c(c(=O)[nH]1)CCCC2. The maximum absolute atomic E-state index is 12.5. The zero-order valence-electron chi connectivity index (χ0n) is 16.3. The Labute approximate surface area is 167 Å². The van der Waals surface area contributed by atoms with Crippen molar-refractivity contribution in [2.45, 2.75) is 32.6 Å². The molecule has 0 radical (unpaired) electrons. The fourth-order valence-electron chi connectivity index (χ4n) is 3.46. The van der Waals surface area contributed by atoms with E-state index in [1.165, 1.54) is 11.8 Å². The Morgan fingerprint density at radius 1 is 1.21 bits per heavy atom. The first-order valence-corrected chi connectivity index (χ1v) is 9.45. The van der Waals surface area contributed by atoms with E-state index >= 15 is 0 Å². The number of aromatic nitrogens is 4. The summed E-state index contributed by atoms with van der Waals surface area (Å²) in [5.74, 6) is 1.23. The van der Waals surface area contributed by atoms with Crippen molar-refractivity contribution >= 4 is 17.5 Å². The van der Waals surface area contributed by atoms with Crippen LogP contribution in [0.4, 0.5) is 16.3 Å². The van der Waals surface area contributed by atoms with Crippen LogP contribution in [0.5, 0.6) is 5.75 Å². The van der Waals surface area contributed by atoms with E-state index in [2.05, 4.69) is 25.7 Å². The molecule has 29 heavy (non-hydrogen) atoms. The van der Waals surface area contributed by atoms with E-state index < -0.39 is 6.03 Å². The summed E-state index contributed by atoms with van der Waals surface area (Å²) in [5, 5.41) is 9.89. The number of aryl methyl sites for hydroxylation is 2. The fourth-order valence-corrected chi connectivity index (χ4v) is 3.46. The van der Waals surface area contributed by atoms with E-state index in [0.29, 0.717) is 22.9 Å². The van der Waals surface area contributed by atoms with Crippen molar-refractivity contribution < 1.29 is 9.53 Å². The molecule has 4 rings (SSSR count). The van der Waals surface area contributed by atoms with Crippen LogP contribution in [0.3, 0.4) is 0 Å². The molecule has 0 saturated carbocycles. The molecule has 3 N–H and O–H groups in total. The molecule has 2 amide bonds. The second-order valence-electron chi connectivity index (χ2n) is 6.88. The molecule has 0 spiro atoms. The third-order valence-electron chi connectivity index (χ3n) is 4.81. The molecular weight excluding hydrogens is 372 g/mol. The Morgan fingerprint density at radius 2 is 2.00 bits per heavy atom. The van der Waals surface area contributed by atoms with E-state index in [9.17, 15) is 9.59 Å². The second kappa shape index (κ2) is 7.78. The van der Waals surface area contributed by atoms with Crippen molar-refractivity contribution in [3.8, 4) is 11.7 Å². The molecule has 1 aliphatic carbocycles. The molecule has 1 aromatic carbocycles. The van der Waals surface area contributed by atoms with Gasteiger partial charge in [0, 0.05) is 11.6 Å². The lowest BCUT2D eigenvalue weighted by Crippen LogP contribution is -2.25. The summed E-state index contributed by atoms with van der Waals surface area (Å²) in [4.78, 5) is 32.4. The number of amides is 2.